The molecule has 2 unspecified atom stereocenters. The molecule has 20 heavy (non-hydrogen) atoms. The van der Waals surface area contributed by atoms with E-state index in [4.69, 9.17) is 0 Å². The topological polar surface area (TPSA) is 32.3 Å². The van der Waals surface area contributed by atoms with E-state index in [0.29, 0.717) is 0 Å². The Balaban J connectivity index is 1.71. The van der Waals surface area contributed by atoms with Gasteiger partial charge in [-0.15, -0.1) is 0 Å². The molecule has 1 aliphatic carbocycles. The Bertz CT molecular complexity index is 486. The predicted molar refractivity (Wildman–Crippen MR) is 83.0 cm³/mol. The van der Waals surface area contributed by atoms with Crippen LogP contribution in [0.2, 0.25) is 0 Å². The van der Waals surface area contributed by atoms with Crippen molar-refractivity contribution in [2.75, 3.05) is 23.3 Å². The van der Waals surface area contributed by atoms with Gasteiger partial charge >= 0.3 is 0 Å². The zero-order chi connectivity index (χ0) is 14.1. The second-order valence-corrected chi connectivity index (χ2v) is 6.66. The van der Waals surface area contributed by atoms with Crippen LogP contribution in [-0.2, 0) is 4.79 Å². The lowest BCUT2D eigenvalue weighted by Gasteiger charge is -2.36. The van der Waals surface area contributed by atoms with E-state index in [1.165, 1.54) is 12.1 Å². The van der Waals surface area contributed by atoms with E-state index < -0.39 is 0 Å². The number of piperidine rings is 1. The third kappa shape index (κ3) is 3.14. The fourth-order valence-electron chi connectivity index (χ4n) is 3.24. The van der Waals surface area contributed by atoms with Crippen LogP contribution in [0.4, 0.5) is 11.4 Å². The number of hydrogen-bond donors (Lipinski definition) is 1. The largest absolute Gasteiger partial charge is 0.371 e. The Morgan fingerprint density at radius 1 is 1.20 bits per heavy atom. The van der Waals surface area contributed by atoms with Gasteiger partial charge in [0.2, 0.25) is 5.91 Å². The minimum atomic E-state index is 0.183. The highest BCUT2D eigenvalue weighted by Crippen LogP contribution is 2.31. The van der Waals surface area contributed by atoms with Crippen molar-refractivity contribution in [3.63, 3.8) is 0 Å². The number of carbonyl (C=O) groups excluding carboxylic acids is 1. The summed E-state index contributed by atoms with van der Waals surface area (Å²) in [6.45, 7) is 6.87. The van der Waals surface area contributed by atoms with Gasteiger partial charge in [0, 0.05) is 30.4 Å². The summed E-state index contributed by atoms with van der Waals surface area (Å²) < 4.78 is 0. The Morgan fingerprint density at radius 2 is 1.90 bits per heavy atom. The zero-order valence-corrected chi connectivity index (χ0v) is 12.4. The molecule has 3 rings (SSSR count). The number of benzene rings is 1. The quantitative estimate of drug-likeness (QED) is 0.913. The molecule has 2 atom stereocenters. The van der Waals surface area contributed by atoms with Crippen LogP contribution in [0, 0.1) is 17.8 Å². The minimum absolute atomic E-state index is 0.183. The molecule has 2 aliphatic rings. The van der Waals surface area contributed by atoms with Gasteiger partial charge in [-0.1, -0.05) is 19.9 Å². The van der Waals surface area contributed by atoms with Crippen LogP contribution in [-0.4, -0.2) is 19.0 Å². The van der Waals surface area contributed by atoms with E-state index in [-0.39, 0.29) is 11.8 Å². The molecule has 0 spiro atoms. The molecule has 1 amide bonds. The van der Waals surface area contributed by atoms with Crippen LogP contribution in [0.3, 0.4) is 0 Å². The molecule has 0 bridgehead atoms. The summed E-state index contributed by atoms with van der Waals surface area (Å²) in [6.07, 6.45) is 3.41. The molecular formula is C17H24N2O. The van der Waals surface area contributed by atoms with Crippen molar-refractivity contribution in [3.05, 3.63) is 24.3 Å². The summed E-state index contributed by atoms with van der Waals surface area (Å²) in [4.78, 5) is 14.3. The van der Waals surface area contributed by atoms with E-state index >= 15 is 0 Å². The smallest absolute Gasteiger partial charge is 0.227 e. The van der Waals surface area contributed by atoms with Crippen molar-refractivity contribution < 1.29 is 4.79 Å². The number of rotatable bonds is 3. The van der Waals surface area contributed by atoms with Crippen LogP contribution < -0.4 is 10.2 Å². The van der Waals surface area contributed by atoms with Crippen LogP contribution in [0.25, 0.3) is 0 Å². The molecule has 1 aromatic rings. The maximum Gasteiger partial charge on any atom is 0.227 e. The van der Waals surface area contributed by atoms with Crippen LogP contribution >= 0.6 is 0 Å². The summed E-state index contributed by atoms with van der Waals surface area (Å²) in [5.41, 5.74) is 2.17. The standard InChI is InChI=1S/C17H24N2O/c1-12-8-13(2)11-19(10-12)16-5-3-4-15(9-16)18-17(20)14-6-7-14/h3-5,9,12-14H,6-8,10-11H2,1-2H3,(H,18,20). The van der Waals surface area contributed by atoms with Gasteiger partial charge in [-0.05, 0) is 49.3 Å². The Labute approximate surface area is 121 Å². The lowest BCUT2D eigenvalue weighted by molar-refractivity contribution is -0.117. The molecule has 1 aliphatic heterocycles. The molecular weight excluding hydrogens is 248 g/mol. The van der Waals surface area contributed by atoms with Crippen LogP contribution in [0.1, 0.15) is 33.1 Å². The average Bonchev–Trinajstić information content (AvgIpc) is 3.22. The predicted octanol–water partition coefficient (Wildman–Crippen LogP) is 3.52. The van der Waals surface area contributed by atoms with Crippen molar-refractivity contribution in [1.82, 2.24) is 0 Å². The number of nitrogens with one attached hydrogen (secondary N) is 1. The Hall–Kier alpha value is -1.51. The SMILES string of the molecule is CC1CC(C)CN(c2cccc(NC(=O)C3CC3)c2)C1. The second kappa shape index (κ2) is 5.47. The van der Waals surface area contributed by atoms with Crippen molar-refractivity contribution in [2.45, 2.75) is 33.1 Å². The first-order valence-electron chi connectivity index (χ1n) is 7.77. The van der Waals surface area contributed by atoms with Gasteiger partial charge in [-0.3, -0.25) is 4.79 Å². The maximum atomic E-state index is 11.8. The van der Waals surface area contributed by atoms with Crippen molar-refractivity contribution >= 4 is 17.3 Å². The number of nitrogens with zero attached hydrogens (tertiary/aromatic N) is 1. The fourth-order valence-corrected chi connectivity index (χ4v) is 3.24. The summed E-state index contributed by atoms with van der Waals surface area (Å²) in [6, 6.07) is 8.30. The van der Waals surface area contributed by atoms with Crippen LogP contribution in [0.5, 0.6) is 0 Å². The zero-order valence-electron chi connectivity index (χ0n) is 12.4. The maximum absolute atomic E-state index is 11.8. The highest BCUT2D eigenvalue weighted by atomic mass is 16.2. The molecule has 108 valence electrons. The molecule has 2 fully saturated rings. The third-order valence-electron chi connectivity index (χ3n) is 4.30. The first-order chi connectivity index (χ1) is 9.61. The van der Waals surface area contributed by atoms with Crippen molar-refractivity contribution in [1.29, 1.82) is 0 Å². The summed E-state index contributed by atoms with van der Waals surface area (Å²) >= 11 is 0. The van der Waals surface area contributed by atoms with Gasteiger partial charge in [0.15, 0.2) is 0 Å². The monoisotopic (exact) mass is 272 g/mol. The average molecular weight is 272 g/mol. The first-order valence-corrected chi connectivity index (χ1v) is 7.77. The van der Waals surface area contributed by atoms with E-state index in [2.05, 4.69) is 36.2 Å². The van der Waals surface area contributed by atoms with Gasteiger partial charge < -0.3 is 10.2 Å². The van der Waals surface area contributed by atoms with E-state index in [9.17, 15) is 4.79 Å². The van der Waals surface area contributed by atoms with Gasteiger partial charge in [0.25, 0.3) is 0 Å². The van der Waals surface area contributed by atoms with E-state index in [0.717, 1.165) is 43.5 Å². The molecule has 1 N–H and O–H groups in total. The first kappa shape index (κ1) is 13.5. The van der Waals surface area contributed by atoms with Gasteiger partial charge in [-0.25, -0.2) is 0 Å². The number of amides is 1. The highest BCUT2D eigenvalue weighted by Gasteiger charge is 2.29. The number of anilines is 2. The van der Waals surface area contributed by atoms with E-state index in [1.54, 1.807) is 0 Å². The number of hydrogen-bond acceptors (Lipinski definition) is 2. The minimum Gasteiger partial charge on any atom is -0.371 e. The molecule has 1 heterocycles. The molecule has 1 saturated heterocycles. The lowest BCUT2D eigenvalue weighted by atomic mass is 9.91. The molecule has 3 heteroatoms. The Kier molecular flexibility index (Phi) is 3.68. The molecule has 3 nitrogen and oxygen atoms in total. The van der Waals surface area contributed by atoms with Crippen molar-refractivity contribution in [3.8, 4) is 0 Å². The molecule has 1 saturated carbocycles. The van der Waals surface area contributed by atoms with Gasteiger partial charge in [-0.2, -0.15) is 0 Å². The second-order valence-electron chi connectivity index (χ2n) is 6.66. The number of carbonyl (C=O) groups is 1. The summed E-state index contributed by atoms with van der Waals surface area (Å²) in [5, 5.41) is 3.04. The normalized spacial score (nSPS) is 26.4. The third-order valence-corrected chi connectivity index (χ3v) is 4.30. The molecule has 1 aromatic carbocycles. The fraction of sp³-hybridized carbons (Fsp3) is 0.588. The van der Waals surface area contributed by atoms with Crippen molar-refractivity contribution in [2.24, 2.45) is 17.8 Å². The molecule has 0 aromatic heterocycles. The lowest BCUT2D eigenvalue weighted by Crippen LogP contribution is -2.38. The van der Waals surface area contributed by atoms with Gasteiger partial charge in [0.05, 0.1) is 0 Å². The van der Waals surface area contributed by atoms with Crippen LogP contribution in [0.15, 0.2) is 24.3 Å². The van der Waals surface area contributed by atoms with E-state index in [1.807, 2.05) is 12.1 Å². The molecule has 0 radical (unpaired) electrons. The van der Waals surface area contributed by atoms with Gasteiger partial charge in [0.1, 0.15) is 0 Å². The summed E-state index contributed by atoms with van der Waals surface area (Å²) in [7, 11) is 0. The Morgan fingerprint density at radius 3 is 2.55 bits per heavy atom. The summed E-state index contributed by atoms with van der Waals surface area (Å²) in [5.74, 6) is 1.92. The highest BCUT2D eigenvalue weighted by molar-refractivity contribution is 5.94.